The van der Waals surface area contributed by atoms with Crippen molar-refractivity contribution in [2.75, 3.05) is 49.6 Å². The number of rotatable bonds is 9. The van der Waals surface area contributed by atoms with Crippen molar-refractivity contribution in [3.63, 3.8) is 0 Å². The van der Waals surface area contributed by atoms with Crippen molar-refractivity contribution in [2.45, 2.75) is 16.7 Å². The maximum Gasteiger partial charge on any atom is 0.264 e. The van der Waals surface area contributed by atoms with Gasteiger partial charge in [0.2, 0.25) is 15.9 Å². The van der Waals surface area contributed by atoms with E-state index in [2.05, 4.69) is 21.2 Å². The summed E-state index contributed by atoms with van der Waals surface area (Å²) in [5, 5.41) is 2.66. The lowest BCUT2D eigenvalue weighted by Crippen LogP contribution is -2.40. The van der Waals surface area contributed by atoms with E-state index in [0.717, 1.165) is 9.87 Å². The van der Waals surface area contributed by atoms with Gasteiger partial charge in [-0.1, -0.05) is 17.7 Å². The van der Waals surface area contributed by atoms with E-state index in [1.165, 1.54) is 53.9 Å². The number of hydrogen-bond acceptors (Lipinski definition) is 7. The number of carbonyl (C=O) groups is 1. The fraction of sp³-hybridized carbons (Fsp3) is 0.269. The van der Waals surface area contributed by atoms with Gasteiger partial charge in [-0.25, -0.2) is 16.8 Å². The summed E-state index contributed by atoms with van der Waals surface area (Å²) in [7, 11) is -6.36. The number of ether oxygens (including phenoxy) is 2. The van der Waals surface area contributed by atoms with Gasteiger partial charge in [-0.05, 0) is 77.5 Å². The van der Waals surface area contributed by atoms with Gasteiger partial charge in [0.15, 0.2) is 0 Å². The number of halogens is 1. The van der Waals surface area contributed by atoms with Gasteiger partial charge in [0.05, 0.1) is 40.3 Å². The van der Waals surface area contributed by atoms with Crippen LogP contribution in [-0.4, -0.2) is 67.0 Å². The van der Waals surface area contributed by atoms with Crippen molar-refractivity contribution in [3.05, 3.63) is 76.8 Å². The Kier molecular flexibility index (Phi) is 8.96. The van der Waals surface area contributed by atoms with E-state index in [-0.39, 0.29) is 22.9 Å². The molecule has 10 nitrogen and oxygen atoms in total. The van der Waals surface area contributed by atoms with Crippen LogP contribution in [-0.2, 0) is 29.6 Å². The van der Waals surface area contributed by atoms with Crippen LogP contribution < -0.4 is 14.4 Å². The van der Waals surface area contributed by atoms with E-state index in [1.807, 2.05) is 6.92 Å². The maximum absolute atomic E-state index is 13.7. The molecule has 0 aliphatic carbocycles. The van der Waals surface area contributed by atoms with Gasteiger partial charge in [-0.3, -0.25) is 9.10 Å². The molecule has 0 saturated carbocycles. The fourth-order valence-electron chi connectivity index (χ4n) is 3.94. The fourth-order valence-corrected chi connectivity index (χ4v) is 7.49. The minimum Gasteiger partial charge on any atom is -0.496 e. The Balaban J connectivity index is 1.56. The summed E-state index contributed by atoms with van der Waals surface area (Å²) in [6.07, 6.45) is 0. The SMILES string of the molecule is COc1ccc(S(=O)(=O)N(CC(=O)Nc2ccc(S(=O)(=O)N3CCOCC3)cc2)c2ccc(C)cc2)cc1Br. The monoisotopic (exact) mass is 637 g/mol. The molecule has 3 aromatic carbocycles. The minimum absolute atomic E-state index is 0.0266. The molecule has 1 N–H and O–H groups in total. The number of sulfonamides is 2. The first kappa shape index (κ1) is 29.0. The Morgan fingerprint density at radius 1 is 0.974 bits per heavy atom. The highest BCUT2D eigenvalue weighted by Crippen LogP contribution is 2.31. The molecule has 1 aliphatic heterocycles. The number of benzene rings is 3. The normalized spacial score (nSPS) is 14.5. The number of aryl methyl sites for hydroxylation is 1. The summed E-state index contributed by atoms with van der Waals surface area (Å²) in [5.74, 6) is -0.136. The molecule has 4 rings (SSSR count). The second-order valence-corrected chi connectivity index (χ2v) is 13.4. The summed E-state index contributed by atoms with van der Waals surface area (Å²) in [4.78, 5) is 13.1. The van der Waals surface area contributed by atoms with E-state index in [1.54, 1.807) is 24.3 Å². The Hall–Kier alpha value is -2.97. The number of methoxy groups -OCH3 is 1. The number of hydrogen-bond donors (Lipinski definition) is 1. The van der Waals surface area contributed by atoms with Gasteiger partial charge < -0.3 is 14.8 Å². The quantitative estimate of drug-likeness (QED) is 0.380. The number of amides is 1. The van der Waals surface area contributed by atoms with Crippen LogP contribution in [0.1, 0.15) is 5.56 Å². The molecule has 0 spiro atoms. The first-order chi connectivity index (χ1) is 18.5. The average Bonchev–Trinajstić information content (AvgIpc) is 2.93. The lowest BCUT2D eigenvalue weighted by Gasteiger charge is -2.26. The molecule has 1 amide bonds. The number of morpholine rings is 1. The molecule has 3 aromatic rings. The molecular weight excluding hydrogens is 610 g/mol. The number of nitrogens with one attached hydrogen (secondary N) is 1. The summed E-state index contributed by atoms with van der Waals surface area (Å²) in [6, 6.07) is 16.9. The summed E-state index contributed by atoms with van der Waals surface area (Å²) in [5.41, 5.74) is 1.57. The number of nitrogens with zero attached hydrogens (tertiary/aromatic N) is 2. The lowest BCUT2D eigenvalue weighted by atomic mass is 10.2. The first-order valence-corrected chi connectivity index (χ1v) is 15.6. The summed E-state index contributed by atoms with van der Waals surface area (Å²) in [6.45, 7) is 2.58. The third-order valence-electron chi connectivity index (χ3n) is 6.07. The molecule has 13 heteroatoms. The summed E-state index contributed by atoms with van der Waals surface area (Å²) < 4.78 is 66.3. The van der Waals surface area contributed by atoms with Gasteiger partial charge in [0, 0.05) is 18.8 Å². The van der Waals surface area contributed by atoms with E-state index in [4.69, 9.17) is 9.47 Å². The second-order valence-electron chi connectivity index (χ2n) is 8.73. The molecule has 39 heavy (non-hydrogen) atoms. The molecule has 0 unspecified atom stereocenters. The molecule has 0 aromatic heterocycles. The van der Waals surface area contributed by atoms with Crippen molar-refractivity contribution in [1.29, 1.82) is 0 Å². The maximum atomic E-state index is 13.7. The van der Waals surface area contributed by atoms with Gasteiger partial charge in [-0.15, -0.1) is 0 Å². The van der Waals surface area contributed by atoms with Crippen LogP contribution in [0.4, 0.5) is 11.4 Å². The van der Waals surface area contributed by atoms with Crippen LogP contribution in [0.5, 0.6) is 5.75 Å². The van der Waals surface area contributed by atoms with Gasteiger partial charge in [0.25, 0.3) is 10.0 Å². The predicted octanol–water partition coefficient (Wildman–Crippen LogP) is 3.62. The molecule has 1 saturated heterocycles. The van der Waals surface area contributed by atoms with Crippen molar-refractivity contribution < 1.29 is 31.1 Å². The van der Waals surface area contributed by atoms with E-state index in [0.29, 0.717) is 34.8 Å². The largest absolute Gasteiger partial charge is 0.496 e. The first-order valence-electron chi connectivity index (χ1n) is 11.9. The molecule has 1 aliphatic rings. The second kappa shape index (κ2) is 12.0. The van der Waals surface area contributed by atoms with Crippen LogP contribution >= 0.6 is 15.9 Å². The number of anilines is 2. The molecule has 1 heterocycles. The molecule has 0 bridgehead atoms. The number of carbonyl (C=O) groups excluding carboxylic acids is 1. The van der Waals surface area contributed by atoms with Crippen molar-refractivity contribution in [2.24, 2.45) is 0 Å². The smallest absolute Gasteiger partial charge is 0.264 e. The third-order valence-corrected chi connectivity index (χ3v) is 10.4. The van der Waals surface area contributed by atoms with Crippen LogP contribution in [0.25, 0.3) is 0 Å². The average molecular weight is 639 g/mol. The standard InChI is InChI=1S/C26H28BrN3O7S2/c1-19-3-7-21(8-4-19)30(39(34,35)23-11-12-25(36-2)24(27)17-23)18-26(31)28-20-5-9-22(10-6-20)38(32,33)29-13-15-37-16-14-29/h3-12,17H,13-16,18H2,1-2H3,(H,28,31). The Morgan fingerprint density at radius 2 is 1.59 bits per heavy atom. The topological polar surface area (TPSA) is 122 Å². The molecular formula is C26H28BrN3O7S2. The molecule has 1 fully saturated rings. The Bertz CT molecular complexity index is 1540. The third kappa shape index (κ3) is 6.61. The van der Waals surface area contributed by atoms with Gasteiger partial charge in [0.1, 0.15) is 12.3 Å². The van der Waals surface area contributed by atoms with Crippen LogP contribution in [0.3, 0.4) is 0 Å². The van der Waals surface area contributed by atoms with E-state index < -0.39 is 32.5 Å². The van der Waals surface area contributed by atoms with Crippen LogP contribution in [0.2, 0.25) is 0 Å². The Labute approximate surface area is 236 Å². The van der Waals surface area contributed by atoms with E-state index >= 15 is 0 Å². The van der Waals surface area contributed by atoms with Crippen LogP contribution in [0, 0.1) is 6.92 Å². The van der Waals surface area contributed by atoms with Crippen LogP contribution in [0.15, 0.2) is 81.0 Å². The lowest BCUT2D eigenvalue weighted by molar-refractivity contribution is -0.114. The zero-order valence-corrected chi connectivity index (χ0v) is 24.6. The molecule has 0 atom stereocenters. The van der Waals surface area contributed by atoms with Gasteiger partial charge >= 0.3 is 0 Å². The molecule has 208 valence electrons. The highest BCUT2D eigenvalue weighted by atomic mass is 79.9. The summed E-state index contributed by atoms with van der Waals surface area (Å²) >= 11 is 3.32. The minimum atomic E-state index is -4.15. The van der Waals surface area contributed by atoms with E-state index in [9.17, 15) is 21.6 Å². The Morgan fingerprint density at radius 3 is 2.18 bits per heavy atom. The highest BCUT2D eigenvalue weighted by Gasteiger charge is 2.29. The predicted molar refractivity (Wildman–Crippen MR) is 151 cm³/mol. The van der Waals surface area contributed by atoms with Crippen molar-refractivity contribution >= 4 is 53.3 Å². The van der Waals surface area contributed by atoms with Crippen molar-refractivity contribution in [1.82, 2.24) is 4.31 Å². The zero-order valence-electron chi connectivity index (χ0n) is 21.3. The van der Waals surface area contributed by atoms with Gasteiger partial charge in [-0.2, -0.15) is 4.31 Å². The highest BCUT2D eigenvalue weighted by molar-refractivity contribution is 9.10. The van der Waals surface area contributed by atoms with Crippen molar-refractivity contribution in [3.8, 4) is 5.75 Å². The zero-order chi connectivity index (χ0) is 28.2. The molecule has 0 radical (unpaired) electrons.